The van der Waals surface area contributed by atoms with E-state index in [1.165, 1.54) is 0 Å². The molecule has 0 saturated carbocycles. The van der Waals surface area contributed by atoms with Crippen LogP contribution in [0.4, 0.5) is 14.5 Å². The van der Waals surface area contributed by atoms with E-state index in [0.717, 1.165) is 18.6 Å². The van der Waals surface area contributed by atoms with Gasteiger partial charge < -0.3 is 10.5 Å². The Hall–Kier alpha value is -1.25. The van der Waals surface area contributed by atoms with Gasteiger partial charge in [0.25, 0.3) is 0 Å². The standard InChI is InChI=1S/C12H16F2N2O3S/c1-12(3-2-4-19-12)7-16-20(17,18)11-9(13)5-8(15)6-10(11)14/h5-6,16H,2-4,7,15H2,1H3. The first-order chi connectivity index (χ1) is 9.23. The Bertz CT molecular complexity index is 590. The summed E-state index contributed by atoms with van der Waals surface area (Å²) in [5.74, 6) is -2.43. The maximum Gasteiger partial charge on any atom is 0.246 e. The zero-order valence-corrected chi connectivity index (χ0v) is 11.8. The van der Waals surface area contributed by atoms with E-state index in [0.29, 0.717) is 13.0 Å². The maximum absolute atomic E-state index is 13.6. The van der Waals surface area contributed by atoms with Crippen LogP contribution < -0.4 is 10.5 Å². The van der Waals surface area contributed by atoms with Gasteiger partial charge in [-0.3, -0.25) is 0 Å². The van der Waals surface area contributed by atoms with Crippen LogP contribution in [0, 0.1) is 11.6 Å². The highest BCUT2D eigenvalue weighted by Gasteiger charge is 2.33. The number of nitrogens with one attached hydrogen (secondary N) is 1. The summed E-state index contributed by atoms with van der Waals surface area (Å²) in [6.45, 7) is 2.25. The summed E-state index contributed by atoms with van der Waals surface area (Å²) in [7, 11) is -4.30. The van der Waals surface area contributed by atoms with Crippen molar-refractivity contribution in [3.63, 3.8) is 0 Å². The first-order valence-electron chi connectivity index (χ1n) is 6.12. The highest BCUT2D eigenvalue weighted by atomic mass is 32.2. The van der Waals surface area contributed by atoms with Crippen LogP contribution in [0.2, 0.25) is 0 Å². The predicted molar refractivity (Wildman–Crippen MR) is 69.5 cm³/mol. The van der Waals surface area contributed by atoms with Crippen LogP contribution in [0.15, 0.2) is 17.0 Å². The summed E-state index contributed by atoms with van der Waals surface area (Å²) < 4.78 is 58.9. The van der Waals surface area contributed by atoms with Gasteiger partial charge in [-0.1, -0.05) is 0 Å². The van der Waals surface area contributed by atoms with Crippen LogP contribution in [0.5, 0.6) is 0 Å². The third-order valence-electron chi connectivity index (χ3n) is 3.23. The van der Waals surface area contributed by atoms with E-state index < -0.39 is 32.2 Å². The largest absolute Gasteiger partial charge is 0.399 e. The molecule has 1 atom stereocenters. The summed E-state index contributed by atoms with van der Waals surface area (Å²) in [6.07, 6.45) is 1.51. The van der Waals surface area contributed by atoms with Crippen LogP contribution >= 0.6 is 0 Å². The molecule has 0 aliphatic carbocycles. The first kappa shape index (κ1) is 15.1. The number of sulfonamides is 1. The number of benzene rings is 1. The topological polar surface area (TPSA) is 81.4 Å². The molecule has 2 rings (SSSR count). The summed E-state index contributed by atoms with van der Waals surface area (Å²) >= 11 is 0. The highest BCUT2D eigenvalue weighted by Crippen LogP contribution is 2.26. The number of nitrogen functional groups attached to an aromatic ring is 1. The molecule has 1 aliphatic rings. The number of nitrogens with two attached hydrogens (primary N) is 1. The number of rotatable bonds is 4. The van der Waals surface area contributed by atoms with E-state index in [9.17, 15) is 17.2 Å². The molecule has 1 saturated heterocycles. The smallest absolute Gasteiger partial charge is 0.246 e. The van der Waals surface area contributed by atoms with Crippen molar-refractivity contribution in [2.75, 3.05) is 18.9 Å². The fourth-order valence-electron chi connectivity index (χ4n) is 2.13. The minimum Gasteiger partial charge on any atom is -0.399 e. The van der Waals surface area contributed by atoms with Crippen molar-refractivity contribution in [2.24, 2.45) is 0 Å². The van der Waals surface area contributed by atoms with Crippen molar-refractivity contribution < 1.29 is 21.9 Å². The Kier molecular flexibility index (Phi) is 3.99. The lowest BCUT2D eigenvalue weighted by Gasteiger charge is -2.23. The molecule has 5 nitrogen and oxygen atoms in total. The molecule has 0 bridgehead atoms. The molecule has 0 aromatic heterocycles. The number of hydrogen-bond acceptors (Lipinski definition) is 4. The van der Waals surface area contributed by atoms with Crippen molar-refractivity contribution in [3.05, 3.63) is 23.8 Å². The Labute approximate surface area is 116 Å². The van der Waals surface area contributed by atoms with E-state index in [2.05, 4.69) is 4.72 Å². The molecule has 1 aliphatic heterocycles. The first-order valence-corrected chi connectivity index (χ1v) is 7.60. The third kappa shape index (κ3) is 3.08. The Morgan fingerprint density at radius 2 is 2.00 bits per heavy atom. The second kappa shape index (κ2) is 5.27. The summed E-state index contributed by atoms with van der Waals surface area (Å²) in [5, 5.41) is 0. The number of anilines is 1. The maximum atomic E-state index is 13.6. The molecule has 20 heavy (non-hydrogen) atoms. The molecule has 1 aromatic rings. The van der Waals surface area contributed by atoms with Crippen molar-refractivity contribution in [1.29, 1.82) is 0 Å². The lowest BCUT2D eigenvalue weighted by molar-refractivity contribution is 0.0250. The molecule has 112 valence electrons. The average Bonchev–Trinajstić information content (AvgIpc) is 2.73. The minimum atomic E-state index is -4.30. The van der Waals surface area contributed by atoms with Crippen molar-refractivity contribution in [2.45, 2.75) is 30.3 Å². The van der Waals surface area contributed by atoms with E-state index >= 15 is 0 Å². The number of halogens is 2. The summed E-state index contributed by atoms with van der Waals surface area (Å²) in [5.41, 5.74) is 4.43. The molecular weight excluding hydrogens is 290 g/mol. The normalized spacial score (nSPS) is 23.1. The molecule has 1 heterocycles. The van der Waals surface area contributed by atoms with Crippen LogP contribution in [-0.2, 0) is 14.8 Å². The highest BCUT2D eigenvalue weighted by molar-refractivity contribution is 7.89. The van der Waals surface area contributed by atoms with E-state index in [1.807, 2.05) is 0 Å². The zero-order chi connectivity index (χ0) is 15.0. The third-order valence-corrected chi connectivity index (χ3v) is 4.68. The average molecular weight is 306 g/mol. The van der Waals surface area contributed by atoms with Crippen LogP contribution in [0.1, 0.15) is 19.8 Å². The van der Waals surface area contributed by atoms with Gasteiger partial charge in [0.15, 0.2) is 4.90 Å². The lowest BCUT2D eigenvalue weighted by atomic mass is 10.0. The van der Waals surface area contributed by atoms with Gasteiger partial charge >= 0.3 is 0 Å². The monoisotopic (exact) mass is 306 g/mol. The van der Waals surface area contributed by atoms with Gasteiger partial charge in [0.1, 0.15) is 11.6 Å². The summed E-state index contributed by atoms with van der Waals surface area (Å²) in [6, 6.07) is 1.54. The molecule has 1 aromatic carbocycles. The Morgan fingerprint density at radius 3 is 2.50 bits per heavy atom. The Morgan fingerprint density at radius 1 is 1.40 bits per heavy atom. The van der Waals surface area contributed by atoms with Crippen LogP contribution in [0.25, 0.3) is 0 Å². The second-order valence-electron chi connectivity index (χ2n) is 5.04. The van der Waals surface area contributed by atoms with Crippen molar-refractivity contribution in [3.8, 4) is 0 Å². The molecule has 0 amide bonds. The lowest BCUT2D eigenvalue weighted by Crippen LogP contribution is -2.40. The van der Waals surface area contributed by atoms with Crippen molar-refractivity contribution >= 4 is 15.7 Å². The second-order valence-corrected chi connectivity index (χ2v) is 6.74. The van der Waals surface area contributed by atoms with Gasteiger partial charge in [-0.25, -0.2) is 21.9 Å². The van der Waals surface area contributed by atoms with E-state index in [-0.39, 0.29) is 12.2 Å². The number of ether oxygens (including phenoxy) is 1. The molecule has 8 heteroatoms. The minimum absolute atomic E-state index is 0.0431. The fraction of sp³-hybridized carbons (Fsp3) is 0.500. The van der Waals surface area contributed by atoms with Gasteiger partial charge in [0, 0.05) is 18.8 Å². The van der Waals surface area contributed by atoms with Gasteiger partial charge in [-0.2, -0.15) is 0 Å². The summed E-state index contributed by atoms with van der Waals surface area (Å²) in [4.78, 5) is -1.02. The van der Waals surface area contributed by atoms with Crippen molar-refractivity contribution in [1.82, 2.24) is 4.72 Å². The Balaban J connectivity index is 2.23. The molecule has 3 N–H and O–H groups in total. The zero-order valence-electron chi connectivity index (χ0n) is 10.9. The van der Waals surface area contributed by atoms with E-state index in [1.54, 1.807) is 6.92 Å². The molecule has 0 spiro atoms. The molecular formula is C12H16F2N2O3S. The van der Waals surface area contributed by atoms with Gasteiger partial charge in [-0.15, -0.1) is 0 Å². The SMILES string of the molecule is CC1(CNS(=O)(=O)c2c(F)cc(N)cc2F)CCCO1. The quantitative estimate of drug-likeness (QED) is 0.824. The van der Waals surface area contributed by atoms with E-state index in [4.69, 9.17) is 10.5 Å². The molecule has 1 fully saturated rings. The van der Waals surface area contributed by atoms with Gasteiger partial charge in [-0.05, 0) is 31.9 Å². The van der Waals surface area contributed by atoms with Crippen LogP contribution in [-0.4, -0.2) is 27.2 Å². The molecule has 0 radical (unpaired) electrons. The number of hydrogen-bond donors (Lipinski definition) is 2. The van der Waals surface area contributed by atoms with Crippen LogP contribution in [0.3, 0.4) is 0 Å². The molecule has 1 unspecified atom stereocenters. The fourth-order valence-corrected chi connectivity index (χ4v) is 3.40. The predicted octanol–water partition coefficient (Wildman–Crippen LogP) is 1.39. The van der Waals surface area contributed by atoms with Gasteiger partial charge in [0.05, 0.1) is 5.60 Å². The van der Waals surface area contributed by atoms with Gasteiger partial charge in [0.2, 0.25) is 10.0 Å².